The van der Waals surface area contributed by atoms with Gasteiger partial charge >= 0.3 is 7.12 Å². The summed E-state index contributed by atoms with van der Waals surface area (Å²) in [5.74, 6) is 0.436. The van der Waals surface area contributed by atoms with Crippen LogP contribution < -0.4 is 0 Å². The second kappa shape index (κ2) is 4.74. The Balaban J connectivity index is 2.12. The predicted molar refractivity (Wildman–Crippen MR) is 66.0 cm³/mol. The molecule has 2 aliphatic rings. The van der Waals surface area contributed by atoms with E-state index < -0.39 is 7.12 Å². The van der Waals surface area contributed by atoms with Crippen LogP contribution >= 0.6 is 0 Å². The van der Waals surface area contributed by atoms with Crippen molar-refractivity contribution < 1.29 is 10.0 Å². The van der Waals surface area contributed by atoms with Crippen LogP contribution in [-0.2, 0) is 0 Å². The van der Waals surface area contributed by atoms with Gasteiger partial charge in [0.25, 0.3) is 0 Å². The molecule has 0 spiro atoms. The van der Waals surface area contributed by atoms with Crippen LogP contribution in [0, 0.1) is 5.92 Å². The first-order valence-electron chi connectivity index (χ1n) is 6.00. The summed E-state index contributed by atoms with van der Waals surface area (Å²) in [6, 6.07) is 0.534. The normalized spacial score (nSPS) is 33.6. The fourth-order valence-electron chi connectivity index (χ4n) is 2.70. The Morgan fingerprint density at radius 1 is 1.31 bits per heavy atom. The zero-order valence-electron chi connectivity index (χ0n) is 10.0. The van der Waals surface area contributed by atoms with E-state index in [0.29, 0.717) is 12.0 Å². The van der Waals surface area contributed by atoms with Crippen molar-refractivity contribution in [3.8, 4) is 0 Å². The number of hydrogen-bond donors (Lipinski definition) is 2. The van der Waals surface area contributed by atoms with E-state index in [0.717, 1.165) is 12.8 Å². The van der Waals surface area contributed by atoms with E-state index >= 15 is 0 Å². The van der Waals surface area contributed by atoms with Crippen molar-refractivity contribution in [3.63, 3.8) is 0 Å². The lowest BCUT2D eigenvalue weighted by atomic mass is 9.63. The highest BCUT2D eigenvalue weighted by atomic mass is 16.4. The summed E-state index contributed by atoms with van der Waals surface area (Å²) >= 11 is 0. The van der Waals surface area contributed by atoms with Crippen LogP contribution in [0.2, 0.25) is 5.82 Å². The van der Waals surface area contributed by atoms with E-state index in [-0.39, 0.29) is 5.82 Å². The second-order valence-corrected chi connectivity index (χ2v) is 5.14. The summed E-state index contributed by atoms with van der Waals surface area (Å²) < 4.78 is 0. The lowest BCUT2D eigenvalue weighted by Crippen LogP contribution is -2.32. The minimum atomic E-state index is -1.20. The van der Waals surface area contributed by atoms with Crippen LogP contribution in [-0.4, -0.2) is 42.2 Å². The molecule has 0 radical (unpaired) electrons. The van der Waals surface area contributed by atoms with Crippen LogP contribution in [0.5, 0.6) is 0 Å². The molecule has 0 aromatic heterocycles. The van der Waals surface area contributed by atoms with Gasteiger partial charge in [0.15, 0.2) is 0 Å². The zero-order chi connectivity index (χ0) is 11.7. The third-order valence-corrected chi connectivity index (χ3v) is 3.81. The average molecular weight is 221 g/mol. The van der Waals surface area contributed by atoms with Crippen molar-refractivity contribution in [2.24, 2.45) is 5.92 Å². The molecule has 0 bridgehead atoms. The van der Waals surface area contributed by atoms with Crippen molar-refractivity contribution in [2.45, 2.75) is 31.1 Å². The Morgan fingerprint density at radius 3 is 2.69 bits per heavy atom. The largest absolute Gasteiger partial charge is 0.458 e. The molecule has 0 fully saturated rings. The summed E-state index contributed by atoms with van der Waals surface area (Å²) in [4.78, 5) is 2.24. The van der Waals surface area contributed by atoms with E-state index in [9.17, 15) is 10.0 Å². The zero-order valence-corrected chi connectivity index (χ0v) is 10.0. The molecule has 16 heavy (non-hydrogen) atoms. The Hall–Kier alpha value is -0.575. The van der Waals surface area contributed by atoms with Gasteiger partial charge in [-0.15, -0.1) is 0 Å². The van der Waals surface area contributed by atoms with Gasteiger partial charge < -0.3 is 14.9 Å². The van der Waals surface area contributed by atoms with Gasteiger partial charge in [0.2, 0.25) is 0 Å². The summed E-state index contributed by atoms with van der Waals surface area (Å²) in [5.41, 5.74) is 1.38. The van der Waals surface area contributed by atoms with Crippen LogP contribution in [0.25, 0.3) is 0 Å². The molecule has 0 heterocycles. The molecule has 2 N–H and O–H groups in total. The predicted octanol–water partition coefficient (Wildman–Crippen LogP) is 1.06. The monoisotopic (exact) mass is 221 g/mol. The van der Waals surface area contributed by atoms with Crippen molar-refractivity contribution in [1.82, 2.24) is 4.90 Å². The molecule has 0 aromatic rings. The minimum Gasteiger partial charge on any atom is -0.427 e. The fraction of sp³-hybridized carbons (Fsp3) is 0.667. The number of rotatable bonds is 2. The first-order chi connectivity index (χ1) is 7.58. The van der Waals surface area contributed by atoms with E-state index in [2.05, 4.69) is 31.1 Å². The van der Waals surface area contributed by atoms with Gasteiger partial charge in [-0.3, -0.25) is 0 Å². The highest BCUT2D eigenvalue weighted by Gasteiger charge is 2.31. The van der Waals surface area contributed by atoms with Crippen molar-refractivity contribution in [1.29, 1.82) is 0 Å². The molecule has 0 saturated carbocycles. The molecular formula is C12H20BNO2. The van der Waals surface area contributed by atoms with Crippen molar-refractivity contribution in [3.05, 3.63) is 23.8 Å². The highest BCUT2D eigenvalue weighted by molar-refractivity contribution is 6.44. The molecule has 4 heteroatoms. The van der Waals surface area contributed by atoms with E-state index in [1.165, 1.54) is 12.0 Å². The second-order valence-electron chi connectivity index (χ2n) is 5.14. The Bertz CT molecular complexity index is 312. The van der Waals surface area contributed by atoms with Crippen LogP contribution in [0.3, 0.4) is 0 Å². The molecule has 0 saturated heterocycles. The molecule has 2 rings (SSSR count). The first-order valence-corrected chi connectivity index (χ1v) is 6.00. The minimum absolute atomic E-state index is 0.0851. The average Bonchev–Trinajstić information content (AvgIpc) is 2.27. The third-order valence-electron chi connectivity index (χ3n) is 3.81. The maximum absolute atomic E-state index is 9.18. The molecule has 2 aliphatic carbocycles. The number of likely N-dealkylation sites (N-methyl/N-ethyl adjacent to an activating group) is 1. The molecule has 0 aliphatic heterocycles. The van der Waals surface area contributed by atoms with Gasteiger partial charge in [0, 0.05) is 11.9 Å². The summed E-state index contributed by atoms with van der Waals surface area (Å²) in [6.45, 7) is 0. The summed E-state index contributed by atoms with van der Waals surface area (Å²) in [6.07, 6.45) is 9.54. The number of hydrogen-bond acceptors (Lipinski definition) is 3. The van der Waals surface area contributed by atoms with Crippen molar-refractivity contribution in [2.75, 3.05) is 14.1 Å². The Kier molecular flexibility index (Phi) is 3.52. The van der Waals surface area contributed by atoms with Gasteiger partial charge in [-0.2, -0.15) is 0 Å². The fourth-order valence-corrected chi connectivity index (χ4v) is 2.70. The SMILES string of the molecule is CN(C)C1C=C2C=CC(B(O)O)CC2CC1. The Morgan fingerprint density at radius 2 is 2.06 bits per heavy atom. The number of nitrogens with zero attached hydrogens (tertiary/aromatic N) is 1. The van der Waals surface area contributed by atoms with Gasteiger partial charge in [0.1, 0.15) is 0 Å². The van der Waals surface area contributed by atoms with Gasteiger partial charge in [0.05, 0.1) is 0 Å². The maximum Gasteiger partial charge on any atom is 0.458 e. The van der Waals surface area contributed by atoms with Crippen LogP contribution in [0.1, 0.15) is 19.3 Å². The smallest absolute Gasteiger partial charge is 0.427 e. The van der Waals surface area contributed by atoms with E-state index in [1.54, 1.807) is 0 Å². The maximum atomic E-state index is 9.18. The summed E-state index contributed by atoms with van der Waals surface area (Å²) in [7, 11) is 3.01. The van der Waals surface area contributed by atoms with Crippen LogP contribution in [0.4, 0.5) is 0 Å². The van der Waals surface area contributed by atoms with E-state index in [1.807, 2.05) is 6.08 Å². The summed E-state index contributed by atoms with van der Waals surface area (Å²) in [5, 5.41) is 18.4. The molecule has 0 amide bonds. The molecular weight excluding hydrogens is 201 g/mol. The topological polar surface area (TPSA) is 43.7 Å². The molecule has 3 nitrogen and oxygen atoms in total. The van der Waals surface area contributed by atoms with E-state index in [4.69, 9.17) is 0 Å². The van der Waals surface area contributed by atoms with Gasteiger partial charge in [-0.25, -0.2) is 0 Å². The van der Waals surface area contributed by atoms with Gasteiger partial charge in [-0.1, -0.05) is 18.2 Å². The standard InChI is InChI=1S/C12H20BNO2/c1-14(2)12-6-4-9-7-11(13(15)16)5-3-10(9)8-12/h3,5,8-9,11-12,15-16H,4,6-7H2,1-2H3. The third kappa shape index (κ3) is 2.39. The van der Waals surface area contributed by atoms with Crippen LogP contribution in [0.15, 0.2) is 23.8 Å². The van der Waals surface area contributed by atoms with Crippen molar-refractivity contribution >= 4 is 7.12 Å². The molecule has 3 unspecified atom stereocenters. The lowest BCUT2D eigenvalue weighted by molar-refractivity contribution is 0.287. The number of fused-ring (bicyclic) bond motifs is 1. The Labute approximate surface area is 97.6 Å². The van der Waals surface area contributed by atoms with Gasteiger partial charge in [-0.05, 0) is 44.8 Å². The first kappa shape index (κ1) is 11.9. The molecule has 3 atom stereocenters. The molecule has 88 valence electrons. The number of allylic oxidation sites excluding steroid dienone is 3. The molecule has 0 aromatic carbocycles. The lowest BCUT2D eigenvalue weighted by Gasteiger charge is -2.34. The quantitative estimate of drug-likeness (QED) is 0.685. The highest BCUT2D eigenvalue weighted by Crippen LogP contribution is 2.38.